The Hall–Kier alpha value is -3.33. The van der Waals surface area contributed by atoms with Gasteiger partial charge >= 0.3 is 5.97 Å². The van der Waals surface area contributed by atoms with Crippen molar-refractivity contribution in [3.8, 4) is 0 Å². The molecule has 0 aromatic heterocycles. The van der Waals surface area contributed by atoms with E-state index in [2.05, 4.69) is 11.9 Å². The van der Waals surface area contributed by atoms with E-state index in [-0.39, 0.29) is 28.1 Å². The first kappa shape index (κ1) is 27.3. The van der Waals surface area contributed by atoms with Crippen LogP contribution in [0.3, 0.4) is 0 Å². The van der Waals surface area contributed by atoms with Crippen molar-refractivity contribution in [2.24, 2.45) is 0 Å². The number of nitrogens with zero attached hydrogens (tertiary/aromatic N) is 1. The maximum atomic E-state index is 13.5. The smallest absolute Gasteiger partial charge is 0.338 e. The van der Waals surface area contributed by atoms with Gasteiger partial charge in [0.05, 0.1) is 28.9 Å². The van der Waals surface area contributed by atoms with Gasteiger partial charge < -0.3 is 10.1 Å². The highest BCUT2D eigenvalue weighted by molar-refractivity contribution is 7.93. The van der Waals surface area contributed by atoms with Crippen molar-refractivity contribution < 1.29 is 22.7 Å². The van der Waals surface area contributed by atoms with Gasteiger partial charge in [-0.2, -0.15) is 0 Å². The van der Waals surface area contributed by atoms with Crippen molar-refractivity contribution in [2.75, 3.05) is 17.5 Å². The molecule has 0 radical (unpaired) electrons. The van der Waals surface area contributed by atoms with Crippen LogP contribution in [0, 0.1) is 0 Å². The van der Waals surface area contributed by atoms with Crippen LogP contribution in [0.5, 0.6) is 0 Å². The molecule has 0 saturated carbocycles. The second-order valence-corrected chi connectivity index (χ2v) is 10.4. The monoisotopic (exact) mass is 546 g/mol. The normalized spacial score (nSPS) is 11.9. The largest absolute Gasteiger partial charge is 0.452 e. The summed E-state index contributed by atoms with van der Waals surface area (Å²) in [6, 6.07) is 19.0. The minimum atomic E-state index is -4.19. The Balaban J connectivity index is 1.76. The molecule has 10 heteroatoms. The Morgan fingerprint density at radius 2 is 1.72 bits per heavy atom. The predicted molar refractivity (Wildman–Crippen MR) is 141 cm³/mol. The fraction of sp³-hybridized carbons (Fsp3) is 0.154. The molecule has 3 aromatic rings. The van der Waals surface area contributed by atoms with E-state index in [1.54, 1.807) is 31.2 Å². The number of benzene rings is 3. The molecule has 0 fully saturated rings. The van der Waals surface area contributed by atoms with Gasteiger partial charge in [-0.25, -0.2) is 13.2 Å². The minimum Gasteiger partial charge on any atom is -0.452 e. The molecular weight excluding hydrogens is 523 g/mol. The fourth-order valence-electron chi connectivity index (χ4n) is 3.34. The number of amides is 1. The molecular formula is C26H24Cl2N2O5S. The Kier molecular flexibility index (Phi) is 9.14. The summed E-state index contributed by atoms with van der Waals surface area (Å²) in [5.74, 6) is -1.37. The van der Waals surface area contributed by atoms with Crippen LogP contribution >= 0.6 is 23.2 Å². The zero-order valence-corrected chi connectivity index (χ0v) is 21.7. The topological polar surface area (TPSA) is 92.8 Å². The number of rotatable bonds is 10. The molecule has 0 aliphatic heterocycles. The molecule has 1 atom stereocenters. The standard InChI is InChI=1S/C26H24Cl2N2O5S/c1-3-15-30(22-12-10-21(27)11-13-22)36(33,34)24-16-20(9-14-23(24)28)26(32)35-17-25(31)29-18(2)19-7-5-4-6-8-19/h3-14,16,18H,1,15,17H2,2H3,(H,29,31)/t18-/m0/s1. The van der Waals surface area contributed by atoms with E-state index < -0.39 is 28.5 Å². The quantitative estimate of drug-likeness (QED) is 0.271. The summed E-state index contributed by atoms with van der Waals surface area (Å²) >= 11 is 12.1. The Labute approximate surface area is 220 Å². The number of halogens is 2. The van der Waals surface area contributed by atoms with Crippen molar-refractivity contribution in [3.63, 3.8) is 0 Å². The van der Waals surface area contributed by atoms with Crippen molar-refractivity contribution in [1.29, 1.82) is 0 Å². The number of carbonyl (C=O) groups excluding carboxylic acids is 2. The summed E-state index contributed by atoms with van der Waals surface area (Å²) in [6.45, 7) is 4.85. The Morgan fingerprint density at radius 1 is 1.06 bits per heavy atom. The zero-order chi connectivity index (χ0) is 26.3. The van der Waals surface area contributed by atoms with Gasteiger partial charge in [0.15, 0.2) is 6.61 Å². The van der Waals surface area contributed by atoms with E-state index in [9.17, 15) is 18.0 Å². The zero-order valence-electron chi connectivity index (χ0n) is 19.4. The molecule has 0 aliphatic rings. The molecule has 188 valence electrons. The first-order valence-corrected chi connectivity index (χ1v) is 13.0. The molecule has 1 amide bonds. The number of hydrogen-bond donors (Lipinski definition) is 1. The van der Waals surface area contributed by atoms with Gasteiger partial charge in [0, 0.05) is 5.02 Å². The molecule has 7 nitrogen and oxygen atoms in total. The first-order valence-electron chi connectivity index (χ1n) is 10.8. The lowest BCUT2D eigenvalue weighted by Gasteiger charge is -2.24. The van der Waals surface area contributed by atoms with Gasteiger partial charge in [-0.05, 0) is 55.0 Å². The molecule has 0 aliphatic carbocycles. The summed E-state index contributed by atoms with van der Waals surface area (Å²) in [7, 11) is -4.19. The molecule has 3 aromatic carbocycles. The SMILES string of the molecule is C=CCN(c1ccc(Cl)cc1)S(=O)(=O)c1cc(C(=O)OCC(=O)N[C@@H](C)c2ccccc2)ccc1Cl. The summed E-state index contributed by atoms with van der Waals surface area (Å²) < 4.78 is 33.1. The number of anilines is 1. The third-order valence-electron chi connectivity index (χ3n) is 5.16. The molecule has 0 saturated heterocycles. The average molecular weight is 547 g/mol. The van der Waals surface area contributed by atoms with Gasteiger partial charge in [-0.3, -0.25) is 9.10 Å². The average Bonchev–Trinajstić information content (AvgIpc) is 2.87. The van der Waals surface area contributed by atoms with E-state index in [0.717, 1.165) is 15.9 Å². The number of nitrogens with one attached hydrogen (secondary N) is 1. The van der Waals surface area contributed by atoms with E-state index in [4.69, 9.17) is 27.9 Å². The van der Waals surface area contributed by atoms with Gasteiger partial charge in [0.2, 0.25) is 0 Å². The first-order chi connectivity index (χ1) is 17.1. The van der Waals surface area contributed by atoms with Gasteiger partial charge in [0.25, 0.3) is 15.9 Å². The number of carbonyl (C=O) groups is 2. The molecule has 0 heterocycles. The van der Waals surface area contributed by atoms with Crippen molar-refractivity contribution in [1.82, 2.24) is 5.32 Å². The molecule has 3 rings (SSSR count). The number of sulfonamides is 1. The van der Waals surface area contributed by atoms with Crippen LogP contribution < -0.4 is 9.62 Å². The van der Waals surface area contributed by atoms with Crippen molar-refractivity contribution in [3.05, 3.63) is 107 Å². The lowest BCUT2D eigenvalue weighted by atomic mass is 10.1. The van der Waals surface area contributed by atoms with E-state index in [1.165, 1.54) is 18.2 Å². The lowest BCUT2D eigenvalue weighted by molar-refractivity contribution is -0.124. The van der Waals surface area contributed by atoms with Crippen LogP contribution in [0.15, 0.2) is 90.3 Å². The number of ether oxygens (including phenoxy) is 1. The van der Waals surface area contributed by atoms with Crippen LogP contribution in [-0.2, 0) is 19.6 Å². The summed E-state index contributed by atoms with van der Waals surface area (Å²) in [5, 5.41) is 3.10. The highest BCUT2D eigenvalue weighted by Gasteiger charge is 2.28. The predicted octanol–water partition coefficient (Wildman–Crippen LogP) is 5.41. The fourth-order valence-corrected chi connectivity index (χ4v) is 5.40. The third-order valence-corrected chi connectivity index (χ3v) is 7.68. The van der Waals surface area contributed by atoms with Crippen LogP contribution in [-0.4, -0.2) is 33.4 Å². The molecule has 0 unspecified atom stereocenters. The minimum absolute atomic E-state index is 0.0469. The van der Waals surface area contributed by atoms with Crippen LogP contribution in [0.1, 0.15) is 28.9 Å². The van der Waals surface area contributed by atoms with E-state index in [0.29, 0.717) is 10.7 Å². The molecule has 0 bridgehead atoms. The van der Waals surface area contributed by atoms with Crippen molar-refractivity contribution in [2.45, 2.75) is 17.9 Å². The maximum absolute atomic E-state index is 13.5. The summed E-state index contributed by atoms with van der Waals surface area (Å²) in [6.07, 6.45) is 1.42. The highest BCUT2D eigenvalue weighted by atomic mass is 35.5. The van der Waals surface area contributed by atoms with Crippen LogP contribution in [0.4, 0.5) is 5.69 Å². The van der Waals surface area contributed by atoms with Crippen LogP contribution in [0.25, 0.3) is 0 Å². The summed E-state index contributed by atoms with van der Waals surface area (Å²) in [5.41, 5.74) is 1.17. The number of esters is 1. The second-order valence-electron chi connectivity index (χ2n) is 7.72. The van der Waals surface area contributed by atoms with Crippen LogP contribution in [0.2, 0.25) is 10.0 Å². The highest BCUT2D eigenvalue weighted by Crippen LogP contribution is 2.30. The third kappa shape index (κ3) is 6.66. The molecule has 1 N–H and O–H groups in total. The Bertz CT molecular complexity index is 1350. The lowest BCUT2D eigenvalue weighted by Crippen LogP contribution is -2.32. The van der Waals surface area contributed by atoms with Gasteiger partial charge in [-0.1, -0.05) is 59.6 Å². The van der Waals surface area contributed by atoms with Gasteiger partial charge in [-0.15, -0.1) is 6.58 Å². The maximum Gasteiger partial charge on any atom is 0.338 e. The summed E-state index contributed by atoms with van der Waals surface area (Å²) in [4.78, 5) is 24.6. The second kappa shape index (κ2) is 12.1. The molecule has 36 heavy (non-hydrogen) atoms. The Morgan fingerprint density at radius 3 is 2.36 bits per heavy atom. The van der Waals surface area contributed by atoms with E-state index in [1.807, 2.05) is 30.3 Å². The number of hydrogen-bond acceptors (Lipinski definition) is 5. The van der Waals surface area contributed by atoms with Gasteiger partial charge in [0.1, 0.15) is 4.90 Å². The van der Waals surface area contributed by atoms with E-state index >= 15 is 0 Å². The van der Waals surface area contributed by atoms with Crippen molar-refractivity contribution >= 4 is 50.8 Å². The molecule has 0 spiro atoms.